The van der Waals surface area contributed by atoms with Gasteiger partial charge in [0, 0.05) is 24.1 Å². The number of hydrogen-bond acceptors (Lipinski definition) is 5. The SMILES string of the molecule is Cc1c(N)nc(C(C)(C)C)nc1NCCOCC1CC1. The summed E-state index contributed by atoms with van der Waals surface area (Å²) >= 11 is 0. The number of aromatic nitrogens is 2. The van der Waals surface area contributed by atoms with Crippen molar-refractivity contribution in [1.29, 1.82) is 0 Å². The van der Waals surface area contributed by atoms with E-state index in [0.29, 0.717) is 12.4 Å². The highest BCUT2D eigenvalue weighted by atomic mass is 16.5. The van der Waals surface area contributed by atoms with Crippen molar-refractivity contribution in [2.24, 2.45) is 5.92 Å². The summed E-state index contributed by atoms with van der Waals surface area (Å²) in [4.78, 5) is 8.97. The zero-order valence-corrected chi connectivity index (χ0v) is 13.0. The lowest BCUT2D eigenvalue weighted by atomic mass is 9.95. The summed E-state index contributed by atoms with van der Waals surface area (Å²) in [6, 6.07) is 0. The lowest BCUT2D eigenvalue weighted by Gasteiger charge is -2.19. The molecule has 1 aromatic heterocycles. The highest BCUT2D eigenvalue weighted by Crippen LogP contribution is 2.28. The molecule has 112 valence electrons. The minimum Gasteiger partial charge on any atom is -0.383 e. The molecule has 1 aliphatic carbocycles. The summed E-state index contributed by atoms with van der Waals surface area (Å²) in [6.07, 6.45) is 2.65. The predicted octanol–water partition coefficient (Wildman–Crippen LogP) is 2.50. The summed E-state index contributed by atoms with van der Waals surface area (Å²) in [5.74, 6) is 2.93. The molecule has 0 unspecified atom stereocenters. The first kappa shape index (κ1) is 15.0. The van der Waals surface area contributed by atoms with Gasteiger partial charge in [-0.3, -0.25) is 0 Å². The minimum atomic E-state index is -0.110. The Bertz CT molecular complexity index is 464. The maximum absolute atomic E-state index is 5.97. The number of ether oxygens (including phenoxy) is 1. The van der Waals surface area contributed by atoms with E-state index < -0.39 is 0 Å². The van der Waals surface area contributed by atoms with E-state index in [4.69, 9.17) is 10.5 Å². The number of anilines is 2. The van der Waals surface area contributed by atoms with Gasteiger partial charge in [-0.15, -0.1) is 0 Å². The Balaban J connectivity index is 1.93. The highest BCUT2D eigenvalue weighted by molar-refractivity contribution is 5.55. The Labute approximate surface area is 121 Å². The number of nitrogens with one attached hydrogen (secondary N) is 1. The first-order valence-corrected chi connectivity index (χ1v) is 7.34. The fourth-order valence-corrected chi connectivity index (χ4v) is 1.82. The van der Waals surface area contributed by atoms with E-state index >= 15 is 0 Å². The normalized spacial score (nSPS) is 15.4. The second kappa shape index (κ2) is 5.95. The molecule has 0 aromatic carbocycles. The minimum absolute atomic E-state index is 0.110. The molecular weight excluding hydrogens is 252 g/mol. The van der Waals surface area contributed by atoms with Gasteiger partial charge in [0.25, 0.3) is 0 Å². The van der Waals surface area contributed by atoms with Crippen LogP contribution in [0.25, 0.3) is 0 Å². The second-order valence-electron chi connectivity index (χ2n) is 6.60. The molecule has 1 fully saturated rings. The fourth-order valence-electron chi connectivity index (χ4n) is 1.82. The van der Waals surface area contributed by atoms with Crippen molar-refractivity contribution in [3.05, 3.63) is 11.4 Å². The Hall–Kier alpha value is -1.36. The molecule has 3 N–H and O–H groups in total. The van der Waals surface area contributed by atoms with Crippen LogP contribution in [0.1, 0.15) is 45.0 Å². The molecule has 0 amide bonds. The maximum Gasteiger partial charge on any atom is 0.138 e. The molecule has 5 heteroatoms. The average molecular weight is 278 g/mol. The largest absolute Gasteiger partial charge is 0.383 e. The first-order chi connectivity index (χ1) is 9.38. The van der Waals surface area contributed by atoms with Crippen molar-refractivity contribution >= 4 is 11.6 Å². The van der Waals surface area contributed by atoms with Crippen molar-refractivity contribution in [1.82, 2.24) is 9.97 Å². The van der Waals surface area contributed by atoms with E-state index in [1.54, 1.807) is 0 Å². The van der Waals surface area contributed by atoms with Gasteiger partial charge in [0.15, 0.2) is 0 Å². The average Bonchev–Trinajstić information content (AvgIpc) is 3.16. The van der Waals surface area contributed by atoms with Crippen LogP contribution in [-0.4, -0.2) is 29.7 Å². The topological polar surface area (TPSA) is 73.1 Å². The van der Waals surface area contributed by atoms with Crippen molar-refractivity contribution < 1.29 is 4.74 Å². The molecule has 1 aromatic rings. The van der Waals surface area contributed by atoms with Crippen LogP contribution in [-0.2, 0) is 10.2 Å². The summed E-state index contributed by atoms with van der Waals surface area (Å²) in [7, 11) is 0. The van der Waals surface area contributed by atoms with Crippen molar-refractivity contribution in [3.63, 3.8) is 0 Å². The molecular formula is C15H26N4O. The van der Waals surface area contributed by atoms with Crippen molar-refractivity contribution in [2.45, 2.75) is 46.0 Å². The van der Waals surface area contributed by atoms with E-state index in [9.17, 15) is 0 Å². The third-order valence-electron chi connectivity index (χ3n) is 3.44. The van der Waals surface area contributed by atoms with E-state index in [0.717, 1.165) is 36.3 Å². The molecule has 5 nitrogen and oxygen atoms in total. The molecule has 0 radical (unpaired) electrons. The first-order valence-electron chi connectivity index (χ1n) is 7.34. The van der Waals surface area contributed by atoms with E-state index in [1.165, 1.54) is 12.8 Å². The number of nitrogen functional groups attached to an aromatic ring is 1. The molecule has 0 spiro atoms. The summed E-state index contributed by atoms with van der Waals surface area (Å²) in [6.45, 7) is 10.5. The van der Waals surface area contributed by atoms with Gasteiger partial charge in [-0.1, -0.05) is 20.8 Å². The van der Waals surface area contributed by atoms with Gasteiger partial charge in [0.2, 0.25) is 0 Å². The van der Waals surface area contributed by atoms with Crippen LogP contribution in [0.15, 0.2) is 0 Å². The molecule has 1 heterocycles. The smallest absolute Gasteiger partial charge is 0.138 e. The third kappa shape index (κ3) is 4.07. The summed E-state index contributed by atoms with van der Waals surface area (Å²) in [5, 5.41) is 3.30. The van der Waals surface area contributed by atoms with Crippen molar-refractivity contribution in [3.8, 4) is 0 Å². The van der Waals surface area contributed by atoms with Crippen molar-refractivity contribution in [2.75, 3.05) is 30.8 Å². The van der Waals surface area contributed by atoms with Crippen LogP contribution in [0.3, 0.4) is 0 Å². The molecule has 2 rings (SSSR count). The Morgan fingerprint density at radius 3 is 2.60 bits per heavy atom. The van der Waals surface area contributed by atoms with E-state index in [-0.39, 0.29) is 5.41 Å². The summed E-state index contributed by atoms with van der Waals surface area (Å²) < 4.78 is 5.61. The highest BCUT2D eigenvalue weighted by Gasteiger charge is 2.21. The molecule has 1 saturated carbocycles. The summed E-state index contributed by atoms with van der Waals surface area (Å²) in [5.41, 5.74) is 6.77. The van der Waals surface area contributed by atoms with Gasteiger partial charge in [0.05, 0.1) is 6.61 Å². The van der Waals surface area contributed by atoms with Crippen LogP contribution < -0.4 is 11.1 Å². The lowest BCUT2D eigenvalue weighted by Crippen LogP contribution is -2.20. The number of nitrogens with zero attached hydrogens (tertiary/aromatic N) is 2. The quantitative estimate of drug-likeness (QED) is 0.782. The Morgan fingerprint density at radius 2 is 2.00 bits per heavy atom. The number of rotatable bonds is 6. The molecule has 1 aliphatic rings. The van der Waals surface area contributed by atoms with Gasteiger partial charge in [-0.2, -0.15) is 0 Å². The zero-order valence-electron chi connectivity index (χ0n) is 13.0. The zero-order chi connectivity index (χ0) is 14.8. The van der Waals surface area contributed by atoms with Gasteiger partial charge in [-0.25, -0.2) is 9.97 Å². The maximum atomic E-state index is 5.97. The monoisotopic (exact) mass is 278 g/mol. The standard InChI is InChI=1S/C15H26N4O/c1-10-12(16)18-14(15(2,3)4)19-13(10)17-7-8-20-9-11-5-6-11/h11H,5-9H2,1-4H3,(H3,16,17,18,19). The van der Waals surface area contributed by atoms with Crippen LogP contribution >= 0.6 is 0 Å². The van der Waals surface area contributed by atoms with E-state index in [1.807, 2.05) is 6.92 Å². The molecule has 0 atom stereocenters. The predicted molar refractivity (Wildman–Crippen MR) is 81.9 cm³/mol. The molecule has 0 saturated heterocycles. The third-order valence-corrected chi connectivity index (χ3v) is 3.44. The van der Waals surface area contributed by atoms with Crippen LogP contribution in [0.5, 0.6) is 0 Å². The van der Waals surface area contributed by atoms with Gasteiger partial charge in [-0.05, 0) is 25.7 Å². The molecule has 0 bridgehead atoms. The van der Waals surface area contributed by atoms with Gasteiger partial charge < -0.3 is 15.8 Å². The van der Waals surface area contributed by atoms with E-state index in [2.05, 4.69) is 36.1 Å². The van der Waals surface area contributed by atoms with Crippen LogP contribution in [0, 0.1) is 12.8 Å². The lowest BCUT2D eigenvalue weighted by molar-refractivity contribution is 0.134. The molecule has 0 aliphatic heterocycles. The fraction of sp³-hybridized carbons (Fsp3) is 0.733. The van der Waals surface area contributed by atoms with Crippen LogP contribution in [0.4, 0.5) is 11.6 Å². The second-order valence-corrected chi connectivity index (χ2v) is 6.60. The van der Waals surface area contributed by atoms with Gasteiger partial charge >= 0.3 is 0 Å². The molecule has 20 heavy (non-hydrogen) atoms. The number of hydrogen-bond donors (Lipinski definition) is 2. The van der Waals surface area contributed by atoms with Crippen LogP contribution in [0.2, 0.25) is 0 Å². The Morgan fingerprint density at radius 1 is 1.30 bits per heavy atom. The van der Waals surface area contributed by atoms with Gasteiger partial charge in [0.1, 0.15) is 17.5 Å². The Kier molecular flexibility index (Phi) is 4.48. The number of nitrogens with two attached hydrogens (primary N) is 1.